The number of aliphatic hydroxyl groups is 1. The first kappa shape index (κ1) is 23.4. The van der Waals surface area contributed by atoms with E-state index in [0.717, 1.165) is 25.7 Å². The highest BCUT2D eigenvalue weighted by Crippen LogP contribution is 2.39. The summed E-state index contributed by atoms with van der Waals surface area (Å²) >= 11 is 0. The molecule has 152 valence electrons. The maximum atomic E-state index is 12.4. The van der Waals surface area contributed by atoms with E-state index in [4.69, 9.17) is 5.11 Å². The van der Waals surface area contributed by atoms with Crippen LogP contribution in [0.4, 0.5) is 0 Å². The van der Waals surface area contributed by atoms with Crippen LogP contribution in [-0.2, 0) is 9.59 Å². The third-order valence-electron chi connectivity index (χ3n) is 5.75. The second kappa shape index (κ2) is 11.3. The summed E-state index contributed by atoms with van der Waals surface area (Å²) in [5, 5.41) is 19.2. The second-order valence-electron chi connectivity index (χ2n) is 8.60. The first-order valence-corrected chi connectivity index (χ1v) is 10.2. The Bertz CT molecular complexity index is 579. The Hall–Kier alpha value is -1.60. The van der Waals surface area contributed by atoms with E-state index in [-0.39, 0.29) is 23.7 Å². The zero-order valence-electron chi connectivity index (χ0n) is 17.3. The van der Waals surface area contributed by atoms with Gasteiger partial charge in [-0.15, -0.1) is 11.8 Å². The van der Waals surface area contributed by atoms with Gasteiger partial charge in [0.15, 0.2) is 0 Å². The average molecular weight is 377 g/mol. The van der Waals surface area contributed by atoms with Crippen molar-refractivity contribution in [1.82, 2.24) is 0 Å². The molecule has 0 aromatic heterocycles. The fourth-order valence-corrected chi connectivity index (χ4v) is 3.80. The fraction of sp³-hybridized carbons (Fsp3) is 0.739. The van der Waals surface area contributed by atoms with Gasteiger partial charge in [0, 0.05) is 30.6 Å². The molecule has 4 nitrogen and oxygen atoms in total. The van der Waals surface area contributed by atoms with Crippen LogP contribution in [0.25, 0.3) is 0 Å². The number of aliphatic carboxylic acids is 1. The molecule has 1 fully saturated rings. The predicted octanol–water partition coefficient (Wildman–Crippen LogP) is 4.61. The molecule has 1 rings (SSSR count). The van der Waals surface area contributed by atoms with E-state index < -0.39 is 12.1 Å². The van der Waals surface area contributed by atoms with Crippen molar-refractivity contribution in [2.45, 2.75) is 85.2 Å². The number of hydrogen-bond donors (Lipinski definition) is 2. The lowest BCUT2D eigenvalue weighted by molar-refractivity contribution is -0.137. The number of hydrogen-bond acceptors (Lipinski definition) is 3. The number of carboxylic acids is 1. The van der Waals surface area contributed by atoms with E-state index >= 15 is 0 Å². The normalized spacial score (nSPS) is 24.0. The van der Waals surface area contributed by atoms with Crippen molar-refractivity contribution in [2.24, 2.45) is 23.2 Å². The lowest BCUT2D eigenvalue weighted by Crippen LogP contribution is -2.27. The summed E-state index contributed by atoms with van der Waals surface area (Å²) in [5.41, 5.74) is -0.314. The largest absolute Gasteiger partial charge is 0.481 e. The van der Waals surface area contributed by atoms with E-state index in [1.807, 2.05) is 19.9 Å². The Kier molecular flexibility index (Phi) is 9.80. The first-order valence-electron chi connectivity index (χ1n) is 10.2. The molecule has 0 spiro atoms. The molecule has 1 aliphatic rings. The summed E-state index contributed by atoms with van der Waals surface area (Å²) in [6, 6.07) is 0. The summed E-state index contributed by atoms with van der Waals surface area (Å²) in [6.07, 6.45) is 9.16. The molecular weight excluding hydrogens is 340 g/mol. The number of carboxylic acid groups (broad SMARTS) is 1. The van der Waals surface area contributed by atoms with Crippen LogP contribution >= 0.6 is 0 Å². The standard InChI is InChI=1S/C23H36O4/c1-5-6-15-23(3,4)21(25)14-13-18-17(2)16-20(24)19(18)11-9-7-8-10-12-22(26)27/h13-14,17-19,21,25H,7-12,15-16H2,1-4H3,(H,26,27)/b14-13+/t17-,18+,19-,21-/m1/s1. The van der Waals surface area contributed by atoms with Crippen molar-refractivity contribution in [3.63, 3.8) is 0 Å². The SMILES string of the molecule is CC#CCC(C)(C)[C@H](O)/C=C/[C@H]1[C@H](C)CC(=O)[C@@H]1CCCCCCC(=O)O. The number of allylic oxidation sites excluding steroid dienone is 1. The highest BCUT2D eigenvalue weighted by Gasteiger charge is 2.38. The molecule has 0 bridgehead atoms. The lowest BCUT2D eigenvalue weighted by atomic mass is 9.81. The maximum absolute atomic E-state index is 12.4. The predicted molar refractivity (Wildman–Crippen MR) is 108 cm³/mol. The van der Waals surface area contributed by atoms with Gasteiger partial charge in [-0.05, 0) is 31.6 Å². The smallest absolute Gasteiger partial charge is 0.303 e. The van der Waals surface area contributed by atoms with Crippen LogP contribution in [0.3, 0.4) is 0 Å². The molecule has 0 saturated heterocycles. The number of unbranched alkanes of at least 4 members (excludes halogenated alkanes) is 3. The average Bonchev–Trinajstić information content (AvgIpc) is 2.86. The topological polar surface area (TPSA) is 74.6 Å². The molecule has 0 heterocycles. The van der Waals surface area contributed by atoms with Crippen LogP contribution < -0.4 is 0 Å². The monoisotopic (exact) mass is 376 g/mol. The third-order valence-corrected chi connectivity index (χ3v) is 5.75. The van der Waals surface area contributed by atoms with Gasteiger partial charge in [0.25, 0.3) is 0 Å². The van der Waals surface area contributed by atoms with E-state index in [1.165, 1.54) is 0 Å². The van der Waals surface area contributed by atoms with Gasteiger partial charge in [-0.3, -0.25) is 9.59 Å². The van der Waals surface area contributed by atoms with Gasteiger partial charge in [0.05, 0.1) is 6.10 Å². The number of carbonyl (C=O) groups excluding carboxylic acids is 1. The summed E-state index contributed by atoms with van der Waals surface area (Å²) in [7, 11) is 0. The van der Waals surface area contributed by atoms with Crippen LogP contribution in [0.2, 0.25) is 0 Å². The van der Waals surface area contributed by atoms with Gasteiger partial charge in [0.1, 0.15) is 5.78 Å². The molecule has 0 aliphatic heterocycles. The molecule has 0 radical (unpaired) electrons. The zero-order chi connectivity index (χ0) is 20.4. The Morgan fingerprint density at radius 1 is 1.30 bits per heavy atom. The Morgan fingerprint density at radius 2 is 1.96 bits per heavy atom. The summed E-state index contributed by atoms with van der Waals surface area (Å²) in [6.45, 7) is 7.92. The van der Waals surface area contributed by atoms with Crippen LogP contribution in [-0.4, -0.2) is 28.1 Å². The van der Waals surface area contributed by atoms with Gasteiger partial charge in [0.2, 0.25) is 0 Å². The van der Waals surface area contributed by atoms with Gasteiger partial charge < -0.3 is 10.2 Å². The number of ketones is 1. The lowest BCUT2D eigenvalue weighted by Gasteiger charge is -2.27. The maximum Gasteiger partial charge on any atom is 0.303 e. The second-order valence-corrected chi connectivity index (χ2v) is 8.60. The third kappa shape index (κ3) is 7.89. The van der Waals surface area contributed by atoms with Crippen molar-refractivity contribution >= 4 is 11.8 Å². The Morgan fingerprint density at radius 3 is 2.59 bits per heavy atom. The summed E-state index contributed by atoms with van der Waals surface area (Å²) in [4.78, 5) is 22.9. The first-order chi connectivity index (χ1) is 12.7. The Balaban J connectivity index is 2.58. The highest BCUT2D eigenvalue weighted by molar-refractivity contribution is 5.84. The minimum atomic E-state index is -0.744. The summed E-state index contributed by atoms with van der Waals surface area (Å²) in [5.74, 6) is 6.01. The van der Waals surface area contributed by atoms with Gasteiger partial charge in [-0.2, -0.15) is 0 Å². The van der Waals surface area contributed by atoms with Gasteiger partial charge >= 0.3 is 5.97 Å². The zero-order valence-corrected chi connectivity index (χ0v) is 17.3. The number of carbonyl (C=O) groups is 2. The van der Waals surface area contributed by atoms with E-state index in [9.17, 15) is 14.7 Å². The quantitative estimate of drug-likeness (QED) is 0.314. The molecule has 1 aliphatic carbocycles. The number of Topliss-reactive ketones (excluding diaryl/α,β-unsaturated/α-hetero) is 1. The molecule has 4 heteroatoms. The van der Waals surface area contributed by atoms with Gasteiger partial charge in [-0.1, -0.05) is 52.2 Å². The van der Waals surface area contributed by atoms with Crippen molar-refractivity contribution in [3.8, 4) is 11.8 Å². The molecule has 0 amide bonds. The molecule has 4 atom stereocenters. The van der Waals surface area contributed by atoms with Crippen molar-refractivity contribution in [3.05, 3.63) is 12.2 Å². The molecule has 0 aromatic carbocycles. The highest BCUT2D eigenvalue weighted by atomic mass is 16.4. The minimum Gasteiger partial charge on any atom is -0.481 e. The Labute approximate surface area is 164 Å². The molecule has 0 aromatic rings. The van der Waals surface area contributed by atoms with Gasteiger partial charge in [-0.25, -0.2) is 0 Å². The molecule has 1 saturated carbocycles. The number of rotatable bonds is 11. The van der Waals surface area contributed by atoms with Crippen LogP contribution in [0.5, 0.6) is 0 Å². The minimum absolute atomic E-state index is 0.0291. The van der Waals surface area contributed by atoms with Crippen molar-refractivity contribution in [1.29, 1.82) is 0 Å². The fourth-order valence-electron chi connectivity index (χ4n) is 3.80. The number of aliphatic hydroxyl groups excluding tert-OH is 1. The molecule has 0 unspecified atom stereocenters. The summed E-state index contributed by atoms with van der Waals surface area (Å²) < 4.78 is 0. The van der Waals surface area contributed by atoms with Crippen molar-refractivity contribution in [2.75, 3.05) is 0 Å². The van der Waals surface area contributed by atoms with Crippen LogP contribution in [0.15, 0.2) is 12.2 Å². The van der Waals surface area contributed by atoms with Crippen LogP contribution in [0.1, 0.15) is 79.1 Å². The van der Waals surface area contributed by atoms with E-state index in [2.05, 4.69) is 24.8 Å². The van der Waals surface area contributed by atoms with Crippen LogP contribution in [0, 0.1) is 35.0 Å². The molecule has 2 N–H and O–H groups in total. The van der Waals surface area contributed by atoms with E-state index in [1.54, 1.807) is 6.92 Å². The van der Waals surface area contributed by atoms with E-state index in [0.29, 0.717) is 31.0 Å². The molecule has 27 heavy (non-hydrogen) atoms. The van der Waals surface area contributed by atoms with Crippen molar-refractivity contribution < 1.29 is 19.8 Å². The molecular formula is C23H36O4.